The average molecular weight is 1060 g/mol. The Morgan fingerprint density at radius 2 is 1.09 bits per heavy atom. The predicted octanol–water partition coefficient (Wildman–Crippen LogP) is 7.46. The molecule has 0 amide bonds. The molecule has 14 atom stereocenters. The van der Waals surface area contributed by atoms with E-state index in [-0.39, 0.29) is 77.6 Å². The zero-order chi connectivity index (χ0) is 48.2. The Bertz CT molecular complexity index is 2060. The second kappa shape index (κ2) is 20.6. The first-order chi connectivity index (χ1) is 31.8. The summed E-state index contributed by atoms with van der Waals surface area (Å²) >= 11 is 2.04. The maximum Gasteiger partial charge on any atom is 0.204 e. The second-order valence-electron chi connectivity index (χ2n) is 22.8. The summed E-state index contributed by atoms with van der Waals surface area (Å²) in [5.41, 5.74) is -0.198. The molecule has 6 saturated carbocycles. The number of aliphatic hydroxyl groups excluding tert-OH is 2. The molecule has 2 saturated heterocycles. The van der Waals surface area contributed by atoms with Gasteiger partial charge >= 0.3 is 0 Å². The number of nitrogens with zero attached hydrogens (tertiary/aromatic N) is 2. The monoisotopic (exact) mass is 1060 g/mol. The van der Waals surface area contributed by atoms with E-state index in [1.54, 1.807) is 0 Å². The van der Waals surface area contributed by atoms with Gasteiger partial charge in [-0.1, -0.05) is 79.2 Å². The van der Waals surface area contributed by atoms with Crippen LogP contribution in [0.5, 0.6) is 0 Å². The molecule has 10 unspecified atom stereocenters. The van der Waals surface area contributed by atoms with Crippen LogP contribution in [0.4, 0.5) is 0 Å². The molecular weight excluding hydrogens is 983 g/mol. The van der Waals surface area contributed by atoms with Gasteiger partial charge < -0.3 is 39.9 Å². The Balaban J connectivity index is 0.000000174. The van der Waals surface area contributed by atoms with Gasteiger partial charge in [0.15, 0.2) is 24.0 Å². The van der Waals surface area contributed by atoms with Gasteiger partial charge in [-0.2, -0.15) is 0 Å². The Morgan fingerprint density at radius 1 is 0.662 bits per heavy atom. The molecule has 8 fully saturated rings. The van der Waals surface area contributed by atoms with Crippen LogP contribution in [0.15, 0.2) is 33.6 Å². The number of oxime groups is 2. The molecule has 0 radical (unpaired) electrons. The van der Waals surface area contributed by atoms with E-state index in [0.717, 1.165) is 75.6 Å². The molecule has 0 aromatic heterocycles. The van der Waals surface area contributed by atoms with Gasteiger partial charge in [0.25, 0.3) is 0 Å². The molecule has 5 N–H and O–H groups in total. The third kappa shape index (κ3) is 9.09. The number of hydrogen-bond donors (Lipinski definition) is 5. The zero-order valence-electron chi connectivity index (χ0n) is 40.1. The highest BCUT2D eigenvalue weighted by atomic mass is 127. The fourth-order valence-electron chi connectivity index (χ4n) is 16.1. The fourth-order valence-corrected chi connectivity index (χ4v) is 16.7. The van der Waals surface area contributed by atoms with Crippen molar-refractivity contribution < 1.29 is 59.1 Å². The summed E-state index contributed by atoms with van der Waals surface area (Å²) in [6.45, 7) is 10.9. The van der Waals surface area contributed by atoms with Gasteiger partial charge in [-0.25, -0.2) is 0 Å². The number of carbonyl (C=O) groups is 4. The fraction of sp³-hybridized carbons (Fsp3) is 0.811. The largest absolute Gasteiger partial charge is 0.411 e. The van der Waals surface area contributed by atoms with E-state index in [4.69, 9.17) is 19.5 Å². The van der Waals surface area contributed by atoms with Gasteiger partial charge in [0.05, 0.1) is 54.5 Å². The Kier molecular flexibility index (Phi) is 16.2. The number of hydrogen-bond acceptors (Lipinski definition) is 14. The summed E-state index contributed by atoms with van der Waals surface area (Å²) in [6.07, 6.45) is 15.2. The van der Waals surface area contributed by atoms with Crippen LogP contribution in [0, 0.1) is 57.2 Å². The van der Waals surface area contributed by atoms with Crippen LogP contribution < -0.4 is 0 Å². The average Bonchev–Trinajstić information content (AvgIpc) is 3.75. The van der Waals surface area contributed by atoms with E-state index in [9.17, 15) is 39.6 Å². The van der Waals surface area contributed by atoms with Crippen LogP contribution in [-0.2, 0) is 33.5 Å². The molecule has 2 heterocycles. The molecule has 10 rings (SSSR count). The summed E-state index contributed by atoms with van der Waals surface area (Å²) in [4.78, 5) is 55.2. The predicted molar refractivity (Wildman–Crippen MR) is 264 cm³/mol. The number of fused-ring (bicyclic) bond motifs is 10. The first kappa shape index (κ1) is 53.4. The lowest BCUT2D eigenvalue weighted by Crippen LogP contribution is -2.62. The quantitative estimate of drug-likeness (QED) is 0.0758. The molecule has 15 heteroatoms. The molecule has 14 nitrogen and oxygen atoms in total. The molecule has 10 aliphatic rings. The van der Waals surface area contributed by atoms with E-state index in [2.05, 4.69) is 24.2 Å². The summed E-state index contributed by atoms with van der Waals surface area (Å²) in [7, 11) is 0. The van der Waals surface area contributed by atoms with Crippen molar-refractivity contribution in [1.29, 1.82) is 0 Å². The molecule has 380 valence electrons. The van der Waals surface area contributed by atoms with Crippen molar-refractivity contribution in [3.8, 4) is 0 Å². The third-order valence-corrected chi connectivity index (χ3v) is 20.5. The summed E-state index contributed by atoms with van der Waals surface area (Å²) in [5.74, 6) is 1.18. The molecular formula is C53H79IN2O12. The van der Waals surface area contributed by atoms with Crippen LogP contribution in [0.3, 0.4) is 0 Å². The van der Waals surface area contributed by atoms with Crippen molar-refractivity contribution in [2.75, 3.05) is 37.5 Å². The van der Waals surface area contributed by atoms with Gasteiger partial charge in [0.1, 0.15) is 11.2 Å². The molecule has 8 aliphatic carbocycles. The summed E-state index contributed by atoms with van der Waals surface area (Å²) in [5, 5.41) is 61.2. The highest BCUT2D eigenvalue weighted by Crippen LogP contribution is 2.69. The van der Waals surface area contributed by atoms with Crippen LogP contribution in [0.25, 0.3) is 0 Å². The summed E-state index contributed by atoms with van der Waals surface area (Å²) in [6, 6.07) is 0. The number of alkyl halides is 1. The number of aliphatic hydroxyl groups is 4. The van der Waals surface area contributed by atoms with E-state index in [1.165, 1.54) is 11.1 Å². The van der Waals surface area contributed by atoms with Gasteiger partial charge in [-0.3, -0.25) is 19.2 Å². The number of rotatable bonds is 6. The van der Waals surface area contributed by atoms with Crippen molar-refractivity contribution in [2.45, 2.75) is 174 Å². The zero-order valence-corrected chi connectivity index (χ0v) is 42.3. The Hall–Kier alpha value is -2.41. The number of ether oxygens (including phenoxy) is 2. The van der Waals surface area contributed by atoms with Gasteiger partial charge in [-0.15, -0.1) is 0 Å². The van der Waals surface area contributed by atoms with Crippen molar-refractivity contribution in [3.05, 3.63) is 23.3 Å². The first-order valence-electron chi connectivity index (χ1n) is 25.2. The Morgan fingerprint density at radius 3 is 1.50 bits per heavy atom. The minimum Gasteiger partial charge on any atom is -0.411 e. The molecule has 2 aliphatic heterocycles. The van der Waals surface area contributed by atoms with Gasteiger partial charge in [0.2, 0.25) is 5.78 Å². The Labute approximate surface area is 416 Å². The van der Waals surface area contributed by atoms with Crippen molar-refractivity contribution in [2.24, 2.45) is 67.5 Å². The van der Waals surface area contributed by atoms with E-state index >= 15 is 0 Å². The normalized spacial score (nSPS) is 43.5. The van der Waals surface area contributed by atoms with Crippen LogP contribution >= 0.6 is 22.6 Å². The molecule has 0 spiro atoms. The SMILES string of the molecule is C.CC12CCC(=O)C=C1CCC1C2[C@@H](O)CC2(C)C1CC[C@]2(O)C(=O)CI.CC12CCC(=O)C=C1CCC1C2[C@@H](O)CC2(C)C1CC[C@]2(O)C(=O)CON=C1CCOCC1.ON=C1CCOCC1. The van der Waals surface area contributed by atoms with E-state index in [1.807, 2.05) is 48.6 Å². The molecule has 0 bridgehead atoms. The first-order valence-corrected chi connectivity index (χ1v) is 26.8. The lowest BCUT2D eigenvalue weighted by Gasteiger charge is -2.60. The number of allylic oxidation sites excluding steroid dienone is 2. The molecule has 0 aromatic rings. The van der Waals surface area contributed by atoms with Crippen molar-refractivity contribution in [3.63, 3.8) is 0 Å². The minimum absolute atomic E-state index is 0. The maximum absolute atomic E-state index is 13.3. The van der Waals surface area contributed by atoms with E-state index < -0.39 is 34.2 Å². The number of carbonyl (C=O) groups excluding carboxylic acids is 4. The van der Waals surface area contributed by atoms with Crippen molar-refractivity contribution in [1.82, 2.24) is 0 Å². The van der Waals surface area contributed by atoms with Crippen molar-refractivity contribution >= 4 is 57.1 Å². The van der Waals surface area contributed by atoms with Crippen LogP contribution in [0.2, 0.25) is 0 Å². The lowest BCUT2D eigenvalue weighted by molar-refractivity contribution is -0.183. The van der Waals surface area contributed by atoms with Gasteiger partial charge in [-0.05, 0) is 136 Å². The maximum atomic E-state index is 13.3. The number of halogens is 1. The smallest absolute Gasteiger partial charge is 0.204 e. The number of ketones is 4. The molecule has 68 heavy (non-hydrogen) atoms. The number of Topliss-reactive ketones (excluding diaryl/α,β-unsaturated/α-hetero) is 2. The highest BCUT2D eigenvalue weighted by molar-refractivity contribution is 14.1. The lowest BCUT2D eigenvalue weighted by atomic mass is 9.45. The van der Waals surface area contributed by atoms with Crippen LogP contribution in [0.1, 0.15) is 151 Å². The second-order valence-corrected chi connectivity index (χ2v) is 23.5. The van der Waals surface area contributed by atoms with Crippen LogP contribution in [-0.4, -0.2) is 121 Å². The molecule has 0 aromatic carbocycles. The minimum atomic E-state index is -1.51. The topological polar surface area (TPSA) is 222 Å². The van der Waals surface area contributed by atoms with Gasteiger partial charge in [0, 0.05) is 49.4 Å². The highest BCUT2D eigenvalue weighted by Gasteiger charge is 2.70. The van der Waals surface area contributed by atoms with E-state index in [0.29, 0.717) is 88.1 Å². The third-order valence-electron chi connectivity index (χ3n) is 19.8. The summed E-state index contributed by atoms with van der Waals surface area (Å²) < 4.78 is 10.6. The standard InChI is InChI=1S/C26H37NO6.C21H29IO4.C5H9NO2.CH4/c1-24-9-5-18(28)13-16(24)3-4-19-20-6-10-26(31,25(20,2)14-21(29)23(19)24)22(30)15-33-27-17-7-11-32-12-8-17;1-19-7-5-13(23)9-12(19)3-4-14-15-6-8-21(26,17(25)11-22)20(15,2)10-16(24)18(14)19;7-6-5-1-3-8-4-2-5;/h13,19-21,23,29,31H,3-12,14-15H2,1-2H3;9,14-16,18,24,26H,3-8,10-11H2,1-2H3;7H,1-4H2;1H4/t19?,20?,21-,23?,24?,25?,26-;14?,15?,16-,18?,19?,20?,21-;;/m00../s1.